The van der Waals surface area contributed by atoms with E-state index < -0.39 is 12.0 Å². The van der Waals surface area contributed by atoms with Crippen LogP contribution in [0.25, 0.3) is 6.08 Å². The zero-order valence-electron chi connectivity index (χ0n) is 22.6. The maximum Gasteiger partial charge on any atom is 0.338 e. The molecule has 0 radical (unpaired) electrons. The summed E-state index contributed by atoms with van der Waals surface area (Å²) in [5.41, 5.74) is 1.65. The zero-order chi connectivity index (χ0) is 28.4. The van der Waals surface area contributed by atoms with E-state index in [1.807, 2.05) is 52.0 Å². The van der Waals surface area contributed by atoms with Crippen molar-refractivity contribution in [2.24, 2.45) is 4.99 Å². The molecular weight excluding hydrogens is 559 g/mol. The first-order valence-corrected chi connectivity index (χ1v) is 14.2. The Morgan fingerprint density at radius 3 is 2.49 bits per heavy atom. The number of aromatic nitrogens is 1. The molecule has 206 valence electrons. The maximum absolute atomic E-state index is 14.0. The number of carbonyl (C=O) groups is 1. The number of halogens is 2. The standard InChI is InChI=1S/C29H30Cl2N2O5S/c1-7-36-28(35)24-17(6)32-29-33(25(24)20-10-8-9-11-22(20)37-15(2)3)27(34)23(39-29)13-18-12-19(30)14-21(31)26(18)38-16(4)5/h8-16,25H,7H2,1-6H3/b23-13-/t25-/m0/s1. The van der Waals surface area contributed by atoms with Gasteiger partial charge in [0, 0.05) is 16.1 Å². The highest BCUT2D eigenvalue weighted by Gasteiger charge is 2.35. The van der Waals surface area contributed by atoms with E-state index in [-0.39, 0.29) is 29.9 Å². The van der Waals surface area contributed by atoms with E-state index in [2.05, 4.69) is 4.99 Å². The summed E-state index contributed by atoms with van der Waals surface area (Å²) in [4.78, 5) is 32.3. The molecule has 0 unspecified atom stereocenters. The molecule has 2 aromatic carbocycles. The summed E-state index contributed by atoms with van der Waals surface area (Å²) >= 11 is 14.0. The number of nitrogens with zero attached hydrogens (tertiary/aromatic N) is 2. The fourth-order valence-electron chi connectivity index (χ4n) is 4.34. The van der Waals surface area contributed by atoms with Crippen LogP contribution in [0.5, 0.6) is 11.5 Å². The number of esters is 1. The number of hydrogen-bond acceptors (Lipinski definition) is 7. The molecule has 3 aromatic rings. The van der Waals surface area contributed by atoms with Gasteiger partial charge in [0.15, 0.2) is 4.80 Å². The van der Waals surface area contributed by atoms with E-state index in [1.165, 1.54) is 15.9 Å². The number of carbonyl (C=O) groups excluding carboxylic acids is 1. The van der Waals surface area contributed by atoms with Crippen molar-refractivity contribution in [3.63, 3.8) is 0 Å². The average molecular weight is 590 g/mol. The van der Waals surface area contributed by atoms with Crippen molar-refractivity contribution < 1.29 is 19.0 Å². The Balaban J connectivity index is 2.00. The first-order chi connectivity index (χ1) is 18.5. The second-order valence-corrected chi connectivity index (χ2v) is 11.3. The van der Waals surface area contributed by atoms with Gasteiger partial charge in [0.05, 0.1) is 39.6 Å². The monoisotopic (exact) mass is 588 g/mol. The van der Waals surface area contributed by atoms with E-state index in [4.69, 9.17) is 37.4 Å². The van der Waals surface area contributed by atoms with Gasteiger partial charge in [-0.25, -0.2) is 9.79 Å². The van der Waals surface area contributed by atoms with E-state index in [9.17, 15) is 9.59 Å². The van der Waals surface area contributed by atoms with Crippen molar-refractivity contribution in [1.29, 1.82) is 0 Å². The molecule has 10 heteroatoms. The number of rotatable bonds is 8. The van der Waals surface area contributed by atoms with Crippen molar-refractivity contribution in [3.05, 3.63) is 88.5 Å². The predicted molar refractivity (Wildman–Crippen MR) is 155 cm³/mol. The second kappa shape index (κ2) is 12.0. The molecule has 0 N–H and O–H groups in total. The molecule has 1 atom stereocenters. The summed E-state index contributed by atoms with van der Waals surface area (Å²) in [5.74, 6) is 0.460. The minimum Gasteiger partial charge on any atom is -0.491 e. The summed E-state index contributed by atoms with van der Waals surface area (Å²) in [7, 11) is 0. The highest BCUT2D eigenvalue weighted by molar-refractivity contribution is 7.07. The van der Waals surface area contributed by atoms with Crippen LogP contribution in [0.4, 0.5) is 0 Å². The normalized spacial score (nSPS) is 15.4. The lowest BCUT2D eigenvalue weighted by Crippen LogP contribution is -2.40. The lowest BCUT2D eigenvalue weighted by molar-refractivity contribution is -0.139. The molecule has 2 heterocycles. The van der Waals surface area contributed by atoms with Crippen LogP contribution >= 0.6 is 34.5 Å². The fourth-order valence-corrected chi connectivity index (χ4v) is 5.93. The van der Waals surface area contributed by atoms with E-state index in [1.54, 1.807) is 32.1 Å². The smallest absolute Gasteiger partial charge is 0.338 e. The van der Waals surface area contributed by atoms with Gasteiger partial charge in [-0.2, -0.15) is 0 Å². The van der Waals surface area contributed by atoms with Crippen molar-refractivity contribution in [2.45, 2.75) is 59.8 Å². The highest BCUT2D eigenvalue weighted by Crippen LogP contribution is 2.37. The molecule has 1 aliphatic rings. The van der Waals surface area contributed by atoms with Gasteiger partial charge in [-0.1, -0.05) is 52.7 Å². The molecule has 1 aromatic heterocycles. The van der Waals surface area contributed by atoms with Crippen LogP contribution in [0, 0.1) is 0 Å². The fraction of sp³-hybridized carbons (Fsp3) is 0.345. The molecule has 0 bridgehead atoms. The van der Waals surface area contributed by atoms with Crippen molar-refractivity contribution >= 4 is 46.6 Å². The molecule has 0 spiro atoms. The van der Waals surface area contributed by atoms with E-state index in [0.29, 0.717) is 47.7 Å². The molecular formula is C29H30Cl2N2O5S. The third-order valence-corrected chi connectivity index (χ3v) is 7.25. The average Bonchev–Trinajstić information content (AvgIpc) is 3.14. The van der Waals surface area contributed by atoms with Crippen LogP contribution in [0.3, 0.4) is 0 Å². The Morgan fingerprint density at radius 1 is 1.13 bits per heavy atom. The number of thiazole rings is 1. The van der Waals surface area contributed by atoms with Crippen LogP contribution in [-0.4, -0.2) is 29.4 Å². The van der Waals surface area contributed by atoms with Gasteiger partial charge < -0.3 is 14.2 Å². The highest BCUT2D eigenvalue weighted by atomic mass is 35.5. The number of hydrogen-bond donors (Lipinski definition) is 0. The quantitative estimate of drug-likeness (QED) is 0.316. The molecule has 0 saturated heterocycles. The summed E-state index contributed by atoms with van der Waals surface area (Å²) in [6, 6.07) is 9.87. The second-order valence-electron chi connectivity index (χ2n) is 9.48. The largest absolute Gasteiger partial charge is 0.491 e. The van der Waals surface area contributed by atoms with Gasteiger partial charge in [-0.3, -0.25) is 9.36 Å². The maximum atomic E-state index is 14.0. The Bertz CT molecular complexity index is 1620. The first kappa shape index (κ1) is 28.9. The van der Waals surface area contributed by atoms with Crippen molar-refractivity contribution in [3.8, 4) is 11.5 Å². The van der Waals surface area contributed by atoms with Crippen LogP contribution in [-0.2, 0) is 9.53 Å². The SMILES string of the molecule is CCOC(=O)C1=C(C)N=c2s/c(=C\c3cc(Cl)cc(Cl)c3OC(C)C)c(=O)n2[C@H]1c1ccccc1OC(C)C. The van der Waals surface area contributed by atoms with Crippen molar-refractivity contribution in [1.82, 2.24) is 4.57 Å². The van der Waals surface area contributed by atoms with Gasteiger partial charge in [0.25, 0.3) is 5.56 Å². The number of para-hydroxylation sites is 1. The lowest BCUT2D eigenvalue weighted by atomic mass is 9.95. The van der Waals surface area contributed by atoms with Crippen LogP contribution in [0.15, 0.2) is 57.5 Å². The van der Waals surface area contributed by atoms with Crippen LogP contribution < -0.4 is 24.4 Å². The molecule has 0 aliphatic carbocycles. The Morgan fingerprint density at radius 2 is 1.82 bits per heavy atom. The van der Waals surface area contributed by atoms with Gasteiger partial charge >= 0.3 is 5.97 Å². The molecule has 7 nitrogen and oxygen atoms in total. The predicted octanol–water partition coefficient (Wildman–Crippen LogP) is 5.68. The number of ether oxygens (including phenoxy) is 3. The van der Waals surface area contributed by atoms with Gasteiger partial charge in [-0.15, -0.1) is 0 Å². The Kier molecular flexibility index (Phi) is 8.89. The molecule has 0 saturated carbocycles. The Hall–Kier alpha value is -3.07. The third-order valence-electron chi connectivity index (χ3n) is 5.77. The number of benzene rings is 2. The van der Waals surface area contributed by atoms with E-state index >= 15 is 0 Å². The van der Waals surface area contributed by atoms with Gasteiger partial charge in [-0.05, 0) is 65.8 Å². The molecule has 0 fully saturated rings. The minimum atomic E-state index is -0.799. The van der Waals surface area contributed by atoms with Gasteiger partial charge in [0.1, 0.15) is 17.5 Å². The molecule has 39 heavy (non-hydrogen) atoms. The molecule has 0 amide bonds. The topological polar surface area (TPSA) is 79.1 Å². The number of fused-ring (bicyclic) bond motifs is 1. The van der Waals surface area contributed by atoms with Crippen LogP contribution in [0.1, 0.15) is 58.7 Å². The van der Waals surface area contributed by atoms with Crippen molar-refractivity contribution in [2.75, 3.05) is 6.61 Å². The molecule has 1 aliphatic heterocycles. The number of allylic oxidation sites excluding steroid dienone is 1. The first-order valence-electron chi connectivity index (χ1n) is 12.6. The summed E-state index contributed by atoms with van der Waals surface area (Å²) in [6.07, 6.45) is 1.42. The zero-order valence-corrected chi connectivity index (χ0v) is 24.9. The van der Waals surface area contributed by atoms with Gasteiger partial charge in [0.2, 0.25) is 0 Å². The lowest BCUT2D eigenvalue weighted by Gasteiger charge is -2.26. The summed E-state index contributed by atoms with van der Waals surface area (Å²) in [5, 5.41) is 0.751. The molecule has 4 rings (SSSR count). The van der Waals surface area contributed by atoms with Crippen LogP contribution in [0.2, 0.25) is 10.0 Å². The summed E-state index contributed by atoms with van der Waals surface area (Å²) in [6.45, 7) is 11.3. The Labute approximate surface area is 241 Å². The third kappa shape index (κ3) is 6.08. The minimum absolute atomic E-state index is 0.120. The summed E-state index contributed by atoms with van der Waals surface area (Å²) < 4.78 is 19.3. The van der Waals surface area contributed by atoms with E-state index in [0.717, 1.165) is 0 Å².